The van der Waals surface area contributed by atoms with E-state index in [1.54, 1.807) is 0 Å². The third-order valence-corrected chi connectivity index (χ3v) is 3.84. The van der Waals surface area contributed by atoms with Gasteiger partial charge in [-0.25, -0.2) is 9.18 Å². The third kappa shape index (κ3) is 4.96. The molecule has 0 saturated carbocycles. The van der Waals surface area contributed by atoms with Crippen LogP contribution in [0.4, 0.5) is 9.18 Å². The van der Waals surface area contributed by atoms with E-state index in [1.165, 1.54) is 4.90 Å². The van der Waals surface area contributed by atoms with Crippen LogP contribution >= 0.6 is 0 Å². The fourth-order valence-corrected chi connectivity index (χ4v) is 2.81. The molecule has 1 heterocycles. The van der Waals surface area contributed by atoms with E-state index in [2.05, 4.69) is 4.18 Å². The summed E-state index contributed by atoms with van der Waals surface area (Å²) in [6.07, 6.45) is -2.36. The average Bonchev–Trinajstić information content (AvgIpc) is 2.47. The Morgan fingerprint density at radius 2 is 2.05 bits per heavy atom. The molecule has 0 aliphatic carbocycles. The second kappa shape index (κ2) is 7.06. The van der Waals surface area contributed by atoms with Crippen molar-refractivity contribution in [2.45, 2.75) is 25.3 Å². The van der Waals surface area contributed by atoms with E-state index in [0.29, 0.717) is 0 Å². The fourth-order valence-electron chi connectivity index (χ4n) is 2.18. The molecule has 122 valence electrons. The molecule has 1 amide bonds. The predicted octanol–water partition coefficient (Wildman–Crippen LogP) is 1.71. The van der Waals surface area contributed by atoms with Crippen molar-refractivity contribution in [1.29, 1.82) is 0 Å². The molecule has 0 spiro atoms. The summed E-state index contributed by atoms with van der Waals surface area (Å²) >= 11 is 0. The number of benzene rings is 1. The Balaban J connectivity index is 1.90. The minimum atomic E-state index is -3.78. The lowest BCUT2D eigenvalue weighted by molar-refractivity contribution is 0.0158. The van der Waals surface area contributed by atoms with E-state index in [9.17, 15) is 17.6 Å². The van der Waals surface area contributed by atoms with Crippen LogP contribution in [0.3, 0.4) is 0 Å². The molecule has 0 radical (unpaired) electrons. The summed E-state index contributed by atoms with van der Waals surface area (Å²) in [7, 11) is -3.78. The molecule has 0 aromatic heterocycles. The first-order valence-corrected chi connectivity index (χ1v) is 8.65. The highest BCUT2D eigenvalue weighted by Gasteiger charge is 2.35. The predicted molar refractivity (Wildman–Crippen MR) is 77.4 cm³/mol. The van der Waals surface area contributed by atoms with Crippen molar-refractivity contribution >= 4 is 16.2 Å². The van der Waals surface area contributed by atoms with Crippen LogP contribution in [-0.2, 0) is 25.6 Å². The molecule has 1 aliphatic rings. The Morgan fingerprint density at radius 1 is 1.36 bits per heavy atom. The standard InChI is InChI=1S/C14H18FNO5S/c1-22(18,19)21-13-9-16(8-7-12(13)15)14(17)20-10-11-5-3-2-4-6-11/h2-6,12-13H,7-10H2,1H3/t12-,13+/m1/s1. The second-order valence-electron chi connectivity index (χ2n) is 5.13. The number of carbonyl (C=O) groups is 1. The van der Waals surface area contributed by atoms with Gasteiger partial charge in [0.15, 0.2) is 0 Å². The highest BCUT2D eigenvalue weighted by atomic mass is 32.2. The molecule has 6 nitrogen and oxygen atoms in total. The molecule has 2 rings (SSSR count). The van der Waals surface area contributed by atoms with Gasteiger partial charge in [-0.15, -0.1) is 0 Å². The van der Waals surface area contributed by atoms with Crippen LogP contribution in [0.15, 0.2) is 30.3 Å². The molecule has 1 aromatic rings. The largest absolute Gasteiger partial charge is 0.445 e. The van der Waals surface area contributed by atoms with E-state index < -0.39 is 28.5 Å². The molecule has 8 heteroatoms. The molecule has 1 aromatic carbocycles. The van der Waals surface area contributed by atoms with E-state index >= 15 is 0 Å². The summed E-state index contributed by atoms with van der Waals surface area (Å²) in [6.45, 7) is 0.118. The van der Waals surface area contributed by atoms with Gasteiger partial charge in [-0.2, -0.15) is 8.42 Å². The number of rotatable bonds is 4. The van der Waals surface area contributed by atoms with Gasteiger partial charge in [0.1, 0.15) is 18.9 Å². The van der Waals surface area contributed by atoms with Crippen LogP contribution in [-0.4, -0.2) is 51.0 Å². The van der Waals surface area contributed by atoms with Crippen LogP contribution < -0.4 is 0 Å². The number of halogens is 1. The average molecular weight is 331 g/mol. The molecule has 0 bridgehead atoms. The molecule has 0 N–H and O–H groups in total. The smallest absolute Gasteiger partial charge is 0.410 e. The van der Waals surface area contributed by atoms with Gasteiger partial charge in [-0.05, 0) is 12.0 Å². The maximum atomic E-state index is 13.7. The number of ether oxygens (including phenoxy) is 1. The van der Waals surface area contributed by atoms with Crippen LogP contribution in [0.5, 0.6) is 0 Å². The summed E-state index contributed by atoms with van der Waals surface area (Å²) in [5.74, 6) is 0. The van der Waals surface area contributed by atoms with Crippen molar-refractivity contribution in [3.63, 3.8) is 0 Å². The van der Waals surface area contributed by atoms with Crippen LogP contribution in [0.1, 0.15) is 12.0 Å². The number of piperidine rings is 1. The number of amides is 1. The van der Waals surface area contributed by atoms with E-state index in [0.717, 1.165) is 11.8 Å². The van der Waals surface area contributed by atoms with Crippen molar-refractivity contribution in [3.05, 3.63) is 35.9 Å². The first kappa shape index (κ1) is 16.7. The van der Waals surface area contributed by atoms with Crippen molar-refractivity contribution in [1.82, 2.24) is 4.90 Å². The van der Waals surface area contributed by atoms with Crippen LogP contribution in [0.25, 0.3) is 0 Å². The zero-order chi connectivity index (χ0) is 16.2. The quantitative estimate of drug-likeness (QED) is 0.786. The van der Waals surface area contributed by atoms with E-state index in [4.69, 9.17) is 4.74 Å². The Labute approximate surface area is 128 Å². The Morgan fingerprint density at radius 3 is 2.68 bits per heavy atom. The summed E-state index contributed by atoms with van der Waals surface area (Å²) in [4.78, 5) is 13.2. The van der Waals surface area contributed by atoms with E-state index in [1.807, 2.05) is 30.3 Å². The van der Waals surface area contributed by atoms with Crippen molar-refractivity contribution < 1.29 is 26.5 Å². The number of likely N-dealkylation sites (tertiary alicyclic amines) is 1. The maximum absolute atomic E-state index is 13.7. The third-order valence-electron chi connectivity index (χ3n) is 3.24. The first-order valence-electron chi connectivity index (χ1n) is 6.83. The topological polar surface area (TPSA) is 72.9 Å². The number of carbonyl (C=O) groups excluding carboxylic acids is 1. The van der Waals surface area contributed by atoms with Gasteiger partial charge < -0.3 is 9.64 Å². The molecule has 1 aliphatic heterocycles. The zero-order valence-electron chi connectivity index (χ0n) is 12.1. The van der Waals surface area contributed by atoms with E-state index in [-0.39, 0.29) is 26.1 Å². The van der Waals surface area contributed by atoms with Gasteiger partial charge in [-0.3, -0.25) is 4.18 Å². The van der Waals surface area contributed by atoms with Gasteiger partial charge in [0.25, 0.3) is 10.1 Å². The summed E-state index contributed by atoms with van der Waals surface area (Å²) in [5.41, 5.74) is 0.833. The molecule has 22 heavy (non-hydrogen) atoms. The van der Waals surface area contributed by atoms with Gasteiger partial charge in [0.2, 0.25) is 0 Å². The van der Waals surface area contributed by atoms with Crippen molar-refractivity contribution in [2.24, 2.45) is 0 Å². The molecular weight excluding hydrogens is 313 g/mol. The summed E-state index contributed by atoms with van der Waals surface area (Å²) < 4.78 is 45.7. The SMILES string of the molecule is CS(=O)(=O)O[C@H]1CN(C(=O)OCc2ccccc2)CC[C@H]1F. The normalized spacial score (nSPS) is 22.4. The van der Waals surface area contributed by atoms with Crippen LogP contribution in [0.2, 0.25) is 0 Å². The van der Waals surface area contributed by atoms with Gasteiger partial charge in [0.05, 0.1) is 12.8 Å². The summed E-state index contributed by atoms with van der Waals surface area (Å²) in [5, 5.41) is 0. The number of hydrogen-bond donors (Lipinski definition) is 0. The number of hydrogen-bond acceptors (Lipinski definition) is 5. The van der Waals surface area contributed by atoms with Crippen LogP contribution in [0, 0.1) is 0 Å². The molecular formula is C14H18FNO5S. The van der Waals surface area contributed by atoms with Gasteiger partial charge >= 0.3 is 6.09 Å². The molecule has 1 saturated heterocycles. The molecule has 0 unspecified atom stereocenters. The fraction of sp³-hybridized carbons (Fsp3) is 0.500. The lowest BCUT2D eigenvalue weighted by Gasteiger charge is -2.33. The Bertz CT molecular complexity index is 607. The number of alkyl halides is 1. The van der Waals surface area contributed by atoms with Crippen molar-refractivity contribution in [2.75, 3.05) is 19.3 Å². The van der Waals surface area contributed by atoms with Crippen molar-refractivity contribution in [3.8, 4) is 0 Å². The highest BCUT2D eigenvalue weighted by Crippen LogP contribution is 2.19. The minimum Gasteiger partial charge on any atom is -0.445 e. The molecule has 2 atom stereocenters. The lowest BCUT2D eigenvalue weighted by Crippen LogP contribution is -2.49. The second-order valence-corrected chi connectivity index (χ2v) is 6.73. The lowest BCUT2D eigenvalue weighted by atomic mass is 10.1. The molecule has 1 fully saturated rings. The Kier molecular flexibility index (Phi) is 5.36. The number of nitrogens with zero attached hydrogens (tertiary/aromatic N) is 1. The zero-order valence-corrected chi connectivity index (χ0v) is 13.0. The maximum Gasteiger partial charge on any atom is 0.410 e. The minimum absolute atomic E-state index is 0.0145. The highest BCUT2D eigenvalue weighted by molar-refractivity contribution is 7.86. The first-order chi connectivity index (χ1) is 10.3. The van der Waals surface area contributed by atoms with Gasteiger partial charge in [-0.1, -0.05) is 30.3 Å². The Hall–Kier alpha value is -1.67. The summed E-state index contributed by atoms with van der Waals surface area (Å²) in [6, 6.07) is 9.14. The monoisotopic (exact) mass is 331 g/mol. The van der Waals surface area contributed by atoms with Gasteiger partial charge in [0, 0.05) is 6.54 Å².